The highest BCUT2D eigenvalue weighted by molar-refractivity contribution is 5.78. The molecule has 1 aliphatic carbocycles. The summed E-state index contributed by atoms with van der Waals surface area (Å²) in [5.41, 5.74) is 1.16. The van der Waals surface area contributed by atoms with Gasteiger partial charge in [-0.05, 0) is 62.7 Å². The molecule has 6 nitrogen and oxygen atoms in total. The molecule has 2 aromatic rings. The zero-order valence-corrected chi connectivity index (χ0v) is 15.5. The first kappa shape index (κ1) is 17.8. The van der Waals surface area contributed by atoms with Crippen LogP contribution >= 0.6 is 0 Å². The normalized spacial score (nSPS) is 20.2. The number of piperidine rings is 1. The Balaban J connectivity index is 1.45. The highest BCUT2D eigenvalue weighted by atomic mass is 16.5. The van der Waals surface area contributed by atoms with E-state index in [1.54, 1.807) is 0 Å². The van der Waals surface area contributed by atoms with Gasteiger partial charge in [0.15, 0.2) is 12.4 Å². The summed E-state index contributed by atoms with van der Waals surface area (Å²) >= 11 is 0. The van der Waals surface area contributed by atoms with E-state index in [2.05, 4.69) is 16.2 Å². The van der Waals surface area contributed by atoms with Gasteiger partial charge in [0.1, 0.15) is 11.8 Å². The predicted octanol–water partition coefficient (Wildman–Crippen LogP) is 4.16. The van der Waals surface area contributed by atoms with E-state index in [0.717, 1.165) is 37.7 Å². The van der Waals surface area contributed by atoms with Crippen LogP contribution in [0.1, 0.15) is 62.7 Å². The van der Waals surface area contributed by atoms with Gasteiger partial charge < -0.3 is 14.2 Å². The number of allylic oxidation sites excluding steroid dienone is 2. The molecule has 1 saturated heterocycles. The average molecular weight is 367 g/mol. The van der Waals surface area contributed by atoms with Crippen molar-refractivity contribution in [2.24, 2.45) is 0 Å². The summed E-state index contributed by atoms with van der Waals surface area (Å²) in [5.74, 6) is 1.89. The van der Waals surface area contributed by atoms with Crippen molar-refractivity contribution in [2.75, 3.05) is 13.2 Å². The molecule has 0 spiro atoms. The van der Waals surface area contributed by atoms with Crippen molar-refractivity contribution in [1.82, 2.24) is 15.0 Å². The minimum Gasteiger partial charge on any atom is -0.484 e. The lowest BCUT2D eigenvalue weighted by molar-refractivity contribution is -0.138. The smallest absolute Gasteiger partial charge is 0.261 e. The zero-order chi connectivity index (χ0) is 18.5. The van der Waals surface area contributed by atoms with Crippen LogP contribution in [0.4, 0.5) is 0 Å². The standard InChI is InChI=1S/C21H25N3O3/c25-19(15-26-17-11-5-2-6-12-17)24-14-8-7-13-18(24)21-22-20(23-27-21)16-9-3-1-4-10-16/h2,5-6,9,11-12,18H,1,3-4,7-8,10,13-15H2/t18-/m1/s1. The number of benzene rings is 1. The lowest BCUT2D eigenvalue weighted by Crippen LogP contribution is -2.41. The number of hydrogen-bond donors (Lipinski definition) is 0. The minimum atomic E-state index is -0.156. The molecular weight excluding hydrogens is 342 g/mol. The Morgan fingerprint density at radius 2 is 2.07 bits per heavy atom. The minimum absolute atomic E-state index is 0.0205. The molecular formula is C21H25N3O3. The fourth-order valence-electron chi connectivity index (χ4n) is 3.77. The maximum atomic E-state index is 12.8. The highest BCUT2D eigenvalue weighted by Gasteiger charge is 2.32. The van der Waals surface area contributed by atoms with Gasteiger partial charge in [-0.1, -0.05) is 29.4 Å². The fourth-order valence-corrected chi connectivity index (χ4v) is 3.77. The molecule has 142 valence electrons. The molecule has 1 aromatic heterocycles. The third kappa shape index (κ3) is 4.21. The van der Waals surface area contributed by atoms with Gasteiger partial charge in [-0.3, -0.25) is 4.79 Å². The van der Waals surface area contributed by atoms with Crippen LogP contribution in [0.15, 0.2) is 40.9 Å². The summed E-state index contributed by atoms with van der Waals surface area (Å²) in [6, 6.07) is 9.25. The van der Waals surface area contributed by atoms with Gasteiger partial charge >= 0.3 is 0 Å². The van der Waals surface area contributed by atoms with E-state index in [-0.39, 0.29) is 18.6 Å². The Bertz CT molecular complexity index is 800. The van der Waals surface area contributed by atoms with Crippen LogP contribution in [0, 0.1) is 0 Å². The van der Waals surface area contributed by atoms with Gasteiger partial charge in [-0.2, -0.15) is 4.98 Å². The molecule has 4 rings (SSSR count). The Hall–Kier alpha value is -2.63. The summed E-state index contributed by atoms with van der Waals surface area (Å²) in [6.45, 7) is 0.717. The maximum absolute atomic E-state index is 12.8. The molecule has 6 heteroatoms. The maximum Gasteiger partial charge on any atom is 0.261 e. The molecule has 0 bridgehead atoms. The van der Waals surface area contributed by atoms with Crippen molar-refractivity contribution in [3.8, 4) is 5.75 Å². The number of ether oxygens (including phenoxy) is 1. The lowest BCUT2D eigenvalue weighted by Gasteiger charge is -2.33. The average Bonchev–Trinajstić information content (AvgIpc) is 3.23. The van der Waals surface area contributed by atoms with Crippen LogP contribution in [0.5, 0.6) is 5.75 Å². The number of carbonyl (C=O) groups is 1. The predicted molar refractivity (Wildman–Crippen MR) is 101 cm³/mol. The van der Waals surface area contributed by atoms with Crippen LogP contribution in [-0.4, -0.2) is 34.1 Å². The van der Waals surface area contributed by atoms with E-state index in [1.807, 2.05) is 35.2 Å². The van der Waals surface area contributed by atoms with Crippen molar-refractivity contribution >= 4 is 11.5 Å². The molecule has 0 N–H and O–H groups in total. The quantitative estimate of drug-likeness (QED) is 0.794. The van der Waals surface area contributed by atoms with E-state index >= 15 is 0 Å². The molecule has 0 unspecified atom stereocenters. The van der Waals surface area contributed by atoms with Gasteiger partial charge in [-0.25, -0.2) is 0 Å². The topological polar surface area (TPSA) is 68.5 Å². The monoisotopic (exact) mass is 367 g/mol. The Morgan fingerprint density at radius 1 is 1.19 bits per heavy atom. The first-order valence-corrected chi connectivity index (χ1v) is 9.81. The van der Waals surface area contributed by atoms with Crippen molar-refractivity contribution < 1.29 is 14.1 Å². The van der Waals surface area contributed by atoms with Crippen LogP contribution in [0.2, 0.25) is 0 Å². The molecule has 27 heavy (non-hydrogen) atoms. The second-order valence-electron chi connectivity index (χ2n) is 7.13. The van der Waals surface area contributed by atoms with E-state index < -0.39 is 0 Å². The molecule has 0 radical (unpaired) electrons. The molecule has 2 aliphatic rings. The SMILES string of the molecule is O=C(COc1ccccc1)N1CCCC[C@@H]1c1nc(C2=CCCCC2)no1. The van der Waals surface area contributed by atoms with Gasteiger partial charge in [0.05, 0.1) is 0 Å². The second-order valence-corrected chi connectivity index (χ2v) is 7.13. The van der Waals surface area contributed by atoms with E-state index in [0.29, 0.717) is 24.0 Å². The molecule has 0 saturated carbocycles. The molecule has 2 heterocycles. The summed E-state index contributed by atoms with van der Waals surface area (Å²) in [7, 11) is 0. The summed E-state index contributed by atoms with van der Waals surface area (Å²) < 4.78 is 11.2. The second kappa shape index (κ2) is 8.37. The number of likely N-dealkylation sites (tertiary alicyclic amines) is 1. The number of rotatable bonds is 5. The Kier molecular flexibility index (Phi) is 5.51. The number of para-hydroxylation sites is 1. The number of nitrogens with zero attached hydrogens (tertiary/aromatic N) is 3. The first-order chi connectivity index (χ1) is 13.3. The van der Waals surface area contributed by atoms with Crippen LogP contribution in [-0.2, 0) is 4.79 Å². The molecule has 1 aliphatic heterocycles. The fraction of sp³-hybridized carbons (Fsp3) is 0.476. The summed E-state index contributed by atoms with van der Waals surface area (Å²) in [4.78, 5) is 19.2. The summed E-state index contributed by atoms with van der Waals surface area (Å²) in [5, 5.41) is 4.18. The third-order valence-corrected chi connectivity index (χ3v) is 5.23. The third-order valence-electron chi connectivity index (χ3n) is 5.23. The lowest BCUT2D eigenvalue weighted by atomic mass is 9.99. The number of aromatic nitrogens is 2. The van der Waals surface area contributed by atoms with Gasteiger partial charge in [0, 0.05) is 6.54 Å². The molecule has 1 fully saturated rings. The van der Waals surface area contributed by atoms with Crippen molar-refractivity contribution in [3.63, 3.8) is 0 Å². The van der Waals surface area contributed by atoms with Crippen LogP contribution in [0.25, 0.3) is 5.57 Å². The largest absolute Gasteiger partial charge is 0.484 e. The number of carbonyl (C=O) groups excluding carboxylic acids is 1. The van der Waals surface area contributed by atoms with E-state index in [4.69, 9.17) is 9.26 Å². The Labute approximate surface area is 159 Å². The number of amides is 1. The Morgan fingerprint density at radius 3 is 2.89 bits per heavy atom. The first-order valence-electron chi connectivity index (χ1n) is 9.81. The summed E-state index contributed by atoms with van der Waals surface area (Å²) in [6.07, 6.45) is 9.55. The van der Waals surface area contributed by atoms with Crippen LogP contribution in [0.3, 0.4) is 0 Å². The van der Waals surface area contributed by atoms with E-state index in [9.17, 15) is 4.79 Å². The van der Waals surface area contributed by atoms with E-state index in [1.165, 1.54) is 12.8 Å². The molecule has 1 aromatic carbocycles. The van der Waals surface area contributed by atoms with Gasteiger partial charge in [0.25, 0.3) is 5.91 Å². The molecule has 1 atom stereocenters. The van der Waals surface area contributed by atoms with Gasteiger partial charge in [0.2, 0.25) is 5.89 Å². The highest BCUT2D eigenvalue weighted by Crippen LogP contribution is 2.32. The zero-order valence-electron chi connectivity index (χ0n) is 15.5. The van der Waals surface area contributed by atoms with Crippen molar-refractivity contribution in [3.05, 3.63) is 48.1 Å². The van der Waals surface area contributed by atoms with Crippen molar-refractivity contribution in [2.45, 2.75) is 51.0 Å². The molecule has 1 amide bonds. The van der Waals surface area contributed by atoms with Gasteiger partial charge in [-0.15, -0.1) is 0 Å². The number of hydrogen-bond acceptors (Lipinski definition) is 5. The van der Waals surface area contributed by atoms with Crippen molar-refractivity contribution in [1.29, 1.82) is 0 Å². The van der Waals surface area contributed by atoms with Crippen LogP contribution < -0.4 is 4.74 Å².